The van der Waals surface area contributed by atoms with Gasteiger partial charge in [0.1, 0.15) is 11.8 Å². The number of benzene rings is 1. The zero-order chi connectivity index (χ0) is 34.6. The molecule has 0 aliphatic heterocycles. The van der Waals surface area contributed by atoms with Crippen molar-refractivity contribution in [1.82, 2.24) is 5.32 Å². The first-order valence-electron chi connectivity index (χ1n) is 17.7. The highest BCUT2D eigenvalue weighted by Crippen LogP contribution is 2.21. The topological polar surface area (TPSA) is 84.6 Å². The van der Waals surface area contributed by atoms with Crippen molar-refractivity contribution in [3.05, 3.63) is 91.4 Å². The lowest BCUT2D eigenvalue weighted by Gasteiger charge is -2.14. The molecule has 0 aromatic heterocycles. The third-order valence-corrected chi connectivity index (χ3v) is 8.04. The Morgan fingerprint density at radius 1 is 0.957 bits per heavy atom. The number of aliphatic hydroxyl groups is 1. The Bertz CT molecular complexity index is 1010. The fourth-order valence-corrected chi connectivity index (χ4v) is 4.97. The third kappa shape index (κ3) is 25.0. The van der Waals surface area contributed by atoms with Crippen molar-refractivity contribution in [1.29, 1.82) is 0 Å². The van der Waals surface area contributed by atoms with E-state index >= 15 is 0 Å². The summed E-state index contributed by atoms with van der Waals surface area (Å²) >= 11 is 0. The number of carbonyl (C=O) groups is 1. The van der Waals surface area contributed by atoms with Gasteiger partial charge < -0.3 is 20.9 Å². The molecule has 0 bridgehead atoms. The molecule has 0 heterocycles. The summed E-state index contributed by atoms with van der Waals surface area (Å²) in [6.45, 7) is 24.7. The predicted molar refractivity (Wildman–Crippen MR) is 200 cm³/mol. The maximum absolute atomic E-state index is 11.3. The molecule has 0 fully saturated rings. The van der Waals surface area contributed by atoms with Gasteiger partial charge in [0, 0.05) is 12.8 Å². The molecule has 4 N–H and O–H groups in total. The number of allylic oxidation sites excluding steroid dienone is 5. The largest absolute Gasteiger partial charge is 0.513 e. The van der Waals surface area contributed by atoms with Crippen molar-refractivity contribution in [2.45, 2.75) is 136 Å². The number of rotatable bonds is 27. The van der Waals surface area contributed by atoms with Crippen molar-refractivity contribution >= 4 is 5.91 Å². The van der Waals surface area contributed by atoms with Crippen LogP contribution in [0.15, 0.2) is 85.8 Å². The molecule has 0 radical (unpaired) electrons. The molecule has 0 spiro atoms. The van der Waals surface area contributed by atoms with Crippen molar-refractivity contribution in [2.24, 2.45) is 17.6 Å². The van der Waals surface area contributed by atoms with Crippen LogP contribution in [0.25, 0.3) is 0 Å². The highest BCUT2D eigenvalue weighted by molar-refractivity contribution is 5.80. The number of primary amides is 1. The maximum atomic E-state index is 11.3. The molecule has 1 amide bonds. The summed E-state index contributed by atoms with van der Waals surface area (Å²) in [6, 6.07) is 7.31. The first-order valence-corrected chi connectivity index (χ1v) is 17.7. The smallest absolute Gasteiger partial charge is 0.240 e. The van der Waals surface area contributed by atoms with Gasteiger partial charge in [-0.15, -0.1) is 0 Å². The second-order valence-electron chi connectivity index (χ2n) is 13.1. The van der Waals surface area contributed by atoms with E-state index in [-0.39, 0.29) is 11.7 Å². The van der Waals surface area contributed by atoms with Crippen LogP contribution in [-0.4, -0.2) is 23.7 Å². The summed E-state index contributed by atoms with van der Waals surface area (Å²) in [5.41, 5.74) is 8.90. The van der Waals surface area contributed by atoms with Gasteiger partial charge in [0.05, 0.1) is 12.4 Å². The fraction of sp³-hybridized carbons (Fsp3) is 0.585. The molecule has 5 heteroatoms. The molecule has 260 valence electrons. The third-order valence-electron chi connectivity index (χ3n) is 8.04. The highest BCUT2D eigenvalue weighted by atomic mass is 16.5. The van der Waals surface area contributed by atoms with Gasteiger partial charge in [-0.25, -0.2) is 0 Å². The Labute approximate surface area is 283 Å². The van der Waals surface area contributed by atoms with E-state index in [1.807, 2.05) is 31.2 Å². The SMILES string of the molecule is C=C(O)CC(C/C=C/CCCCC(=C)CCCCCCCCC)C(=C)C.C=CNC(Cc1ccc(OCCC(C)C)cc1)C(N)=O. The summed E-state index contributed by atoms with van der Waals surface area (Å²) in [5, 5.41) is 12.2. The quantitative estimate of drug-likeness (QED) is 0.0509. The Morgan fingerprint density at radius 2 is 1.57 bits per heavy atom. The van der Waals surface area contributed by atoms with Crippen molar-refractivity contribution < 1.29 is 14.6 Å². The molecule has 2 unspecified atom stereocenters. The molecular weight excluding hydrogens is 568 g/mol. The number of aliphatic hydroxyl groups excluding tert-OH is 1. The van der Waals surface area contributed by atoms with Crippen LogP contribution in [0.5, 0.6) is 5.75 Å². The number of nitrogens with one attached hydrogen (secondary N) is 1. The van der Waals surface area contributed by atoms with Gasteiger partial charge in [0.25, 0.3) is 0 Å². The highest BCUT2D eigenvalue weighted by Gasteiger charge is 2.13. The van der Waals surface area contributed by atoms with E-state index in [0.29, 0.717) is 24.7 Å². The second kappa shape index (κ2) is 28.0. The van der Waals surface area contributed by atoms with Crippen LogP contribution in [0.4, 0.5) is 0 Å². The Morgan fingerprint density at radius 3 is 2.11 bits per heavy atom. The average Bonchev–Trinajstić information content (AvgIpc) is 3.00. The van der Waals surface area contributed by atoms with E-state index in [2.05, 4.69) is 64.6 Å². The van der Waals surface area contributed by atoms with Gasteiger partial charge in [-0.2, -0.15) is 0 Å². The van der Waals surface area contributed by atoms with Crippen LogP contribution >= 0.6 is 0 Å². The Balaban J connectivity index is 0.000000909. The number of ether oxygens (including phenoxy) is 1. The lowest BCUT2D eigenvalue weighted by atomic mass is 9.93. The van der Waals surface area contributed by atoms with Crippen LogP contribution in [0.3, 0.4) is 0 Å². The minimum Gasteiger partial charge on any atom is -0.513 e. The Kier molecular flexibility index (Phi) is 26.1. The molecule has 1 aromatic rings. The molecule has 1 rings (SSSR count). The lowest BCUT2D eigenvalue weighted by Crippen LogP contribution is -2.40. The molecule has 2 atom stereocenters. The Hall–Kier alpha value is -3.21. The van der Waals surface area contributed by atoms with E-state index < -0.39 is 6.04 Å². The van der Waals surface area contributed by atoms with Gasteiger partial charge in [0.2, 0.25) is 5.91 Å². The van der Waals surface area contributed by atoms with E-state index in [9.17, 15) is 9.90 Å². The standard InChI is InChI=1S/C25H44O.C16H24N2O2/c1-6-7-8-9-10-12-15-18-23(4)19-16-13-11-14-17-20-25(22(2)3)21-24(5)26;1-4-18-15(16(17)19)11-13-5-7-14(8-6-13)20-10-9-12(2)3/h14,17,25-26H,2,4-13,15-16,18-21H2,1,3H3;4-8,12,15,18H,1,9-11H2,2-3H3,(H2,17,19)/b17-14+;. The first kappa shape index (κ1) is 42.8. The summed E-state index contributed by atoms with van der Waals surface area (Å²) in [7, 11) is 0. The number of hydrogen-bond donors (Lipinski definition) is 3. The minimum absolute atomic E-state index is 0.255. The van der Waals surface area contributed by atoms with Gasteiger partial charge in [-0.1, -0.05) is 121 Å². The number of amides is 1. The van der Waals surface area contributed by atoms with E-state index in [1.54, 1.807) is 0 Å². The number of nitrogens with two attached hydrogens (primary N) is 1. The molecule has 1 aromatic carbocycles. The van der Waals surface area contributed by atoms with Gasteiger partial charge in [0.15, 0.2) is 0 Å². The zero-order valence-corrected chi connectivity index (χ0v) is 30.0. The monoisotopic (exact) mass is 637 g/mol. The molecule has 0 aliphatic carbocycles. The van der Waals surface area contributed by atoms with Gasteiger partial charge in [-0.3, -0.25) is 4.79 Å². The van der Waals surface area contributed by atoms with Gasteiger partial charge in [-0.05, 0) is 94.0 Å². The van der Waals surface area contributed by atoms with E-state index in [4.69, 9.17) is 10.5 Å². The molecule has 0 saturated carbocycles. The van der Waals surface area contributed by atoms with E-state index in [1.165, 1.54) is 82.4 Å². The van der Waals surface area contributed by atoms with E-state index in [0.717, 1.165) is 42.8 Å². The number of unbranched alkanes of at least 4 members (excludes halogenated alkanes) is 8. The molecule has 5 nitrogen and oxygen atoms in total. The minimum atomic E-state index is -0.430. The fourth-order valence-electron chi connectivity index (χ4n) is 4.97. The zero-order valence-electron chi connectivity index (χ0n) is 30.0. The molecule has 46 heavy (non-hydrogen) atoms. The van der Waals surface area contributed by atoms with Crippen LogP contribution in [0.2, 0.25) is 0 Å². The van der Waals surface area contributed by atoms with Crippen molar-refractivity contribution in [3.63, 3.8) is 0 Å². The summed E-state index contributed by atoms with van der Waals surface area (Å²) in [6.07, 6.45) is 24.8. The first-order chi connectivity index (χ1) is 22.0. The summed E-state index contributed by atoms with van der Waals surface area (Å²) in [5.74, 6) is 1.66. The maximum Gasteiger partial charge on any atom is 0.240 e. The molecule has 0 aliphatic rings. The van der Waals surface area contributed by atoms with Crippen molar-refractivity contribution in [2.75, 3.05) is 6.61 Å². The van der Waals surface area contributed by atoms with Crippen LogP contribution in [0.1, 0.15) is 130 Å². The van der Waals surface area contributed by atoms with Crippen molar-refractivity contribution in [3.8, 4) is 5.75 Å². The average molecular weight is 637 g/mol. The predicted octanol–water partition coefficient (Wildman–Crippen LogP) is 11.1. The molecule has 0 saturated heterocycles. The number of carbonyl (C=O) groups excluding carboxylic acids is 1. The lowest BCUT2D eigenvalue weighted by molar-refractivity contribution is -0.119. The van der Waals surface area contributed by atoms with Crippen LogP contribution in [-0.2, 0) is 11.2 Å². The van der Waals surface area contributed by atoms with Crippen LogP contribution < -0.4 is 15.8 Å². The van der Waals surface area contributed by atoms with Gasteiger partial charge >= 0.3 is 0 Å². The normalized spacial score (nSPS) is 12.2. The second-order valence-corrected chi connectivity index (χ2v) is 13.1. The molecular formula is C41H68N2O3. The summed E-state index contributed by atoms with van der Waals surface area (Å²) in [4.78, 5) is 11.3. The van der Waals surface area contributed by atoms with Crippen LogP contribution in [0, 0.1) is 11.8 Å². The number of hydrogen-bond acceptors (Lipinski definition) is 4. The summed E-state index contributed by atoms with van der Waals surface area (Å²) < 4.78 is 5.65.